The van der Waals surface area contributed by atoms with Gasteiger partial charge >= 0.3 is 5.97 Å². The summed E-state index contributed by atoms with van der Waals surface area (Å²) in [6, 6.07) is 5.52. The smallest absolute Gasteiger partial charge is 0.335 e. The summed E-state index contributed by atoms with van der Waals surface area (Å²) in [4.78, 5) is 16.0. The number of carboxylic acid groups (broad SMARTS) is 1. The molecule has 1 aromatic heterocycles. The monoisotopic (exact) mass is 288 g/mol. The Hall–Kier alpha value is -1.84. The number of hydrogen-bond donors (Lipinski definition) is 1. The molecule has 4 nitrogen and oxygen atoms in total. The number of aromatic carboxylic acids is 1. The molecule has 0 fully saturated rings. The van der Waals surface area contributed by atoms with Gasteiger partial charge in [0.2, 0.25) is 0 Å². The van der Waals surface area contributed by atoms with Crippen LogP contribution in [0.5, 0.6) is 0 Å². The van der Waals surface area contributed by atoms with Gasteiger partial charge in [-0.25, -0.2) is 9.78 Å². The van der Waals surface area contributed by atoms with Gasteiger partial charge in [0.25, 0.3) is 0 Å². The van der Waals surface area contributed by atoms with Crippen molar-refractivity contribution < 1.29 is 9.90 Å². The molecule has 0 saturated heterocycles. The standard InChI is InChI=1S/C17H24N2O2/c1-6-14(10(2)3)19-15-9-12(17(20)21)7-8-13(15)18-16(19)11(4)5/h7-11,14H,6H2,1-5H3,(H,20,21). The lowest BCUT2D eigenvalue weighted by atomic mass is 10.00. The maximum absolute atomic E-state index is 11.2. The quantitative estimate of drug-likeness (QED) is 0.883. The van der Waals surface area contributed by atoms with Gasteiger partial charge in [-0.1, -0.05) is 34.6 Å². The first-order valence-corrected chi connectivity index (χ1v) is 7.62. The first kappa shape index (κ1) is 15.5. The normalized spacial score (nSPS) is 13.3. The predicted molar refractivity (Wildman–Crippen MR) is 84.9 cm³/mol. The lowest BCUT2D eigenvalue weighted by Crippen LogP contribution is -2.18. The third-order valence-electron chi connectivity index (χ3n) is 4.00. The van der Waals surface area contributed by atoms with E-state index in [0.717, 1.165) is 23.3 Å². The van der Waals surface area contributed by atoms with Crippen LogP contribution in [-0.2, 0) is 0 Å². The van der Waals surface area contributed by atoms with Crippen LogP contribution in [0.25, 0.3) is 11.0 Å². The van der Waals surface area contributed by atoms with Gasteiger partial charge in [-0.3, -0.25) is 0 Å². The average Bonchev–Trinajstić information content (AvgIpc) is 2.78. The molecule has 1 atom stereocenters. The first-order valence-electron chi connectivity index (χ1n) is 7.62. The maximum atomic E-state index is 11.2. The molecular formula is C17H24N2O2. The summed E-state index contributed by atoms with van der Waals surface area (Å²) in [5.41, 5.74) is 2.12. The summed E-state index contributed by atoms with van der Waals surface area (Å²) in [7, 11) is 0. The molecule has 1 N–H and O–H groups in total. The van der Waals surface area contributed by atoms with Gasteiger partial charge in [0.1, 0.15) is 5.82 Å². The SMILES string of the molecule is CCC(C(C)C)n1c(C(C)C)nc2ccc(C(=O)O)cc21. The molecule has 0 radical (unpaired) electrons. The average molecular weight is 288 g/mol. The van der Waals surface area contributed by atoms with Crippen molar-refractivity contribution in [2.75, 3.05) is 0 Å². The number of rotatable bonds is 5. The number of nitrogens with zero attached hydrogens (tertiary/aromatic N) is 2. The topological polar surface area (TPSA) is 55.1 Å². The van der Waals surface area contributed by atoms with Crippen molar-refractivity contribution >= 4 is 17.0 Å². The van der Waals surface area contributed by atoms with E-state index in [9.17, 15) is 9.90 Å². The Balaban J connectivity index is 2.75. The van der Waals surface area contributed by atoms with Crippen molar-refractivity contribution in [3.05, 3.63) is 29.6 Å². The summed E-state index contributed by atoms with van der Waals surface area (Å²) in [5.74, 6) is 0.915. The fourth-order valence-electron chi connectivity index (χ4n) is 2.95. The molecule has 0 bridgehead atoms. The number of imidazole rings is 1. The Bertz CT molecular complexity index is 656. The lowest BCUT2D eigenvalue weighted by molar-refractivity contribution is 0.0697. The first-order chi connectivity index (χ1) is 9.86. The van der Waals surface area contributed by atoms with Crippen molar-refractivity contribution in [1.29, 1.82) is 0 Å². The lowest BCUT2D eigenvalue weighted by Gasteiger charge is -2.25. The molecule has 0 spiro atoms. The Labute approximate surface area is 125 Å². The predicted octanol–water partition coefficient (Wildman–Crippen LogP) is 4.47. The van der Waals surface area contributed by atoms with Gasteiger partial charge < -0.3 is 9.67 Å². The van der Waals surface area contributed by atoms with Crippen LogP contribution < -0.4 is 0 Å². The number of carbonyl (C=O) groups is 1. The Morgan fingerprint density at radius 1 is 1.29 bits per heavy atom. The molecule has 1 unspecified atom stereocenters. The van der Waals surface area contributed by atoms with E-state index in [-0.39, 0.29) is 0 Å². The van der Waals surface area contributed by atoms with Crippen LogP contribution in [0.2, 0.25) is 0 Å². The van der Waals surface area contributed by atoms with E-state index < -0.39 is 5.97 Å². The highest BCUT2D eigenvalue weighted by molar-refractivity contribution is 5.92. The Morgan fingerprint density at radius 2 is 1.95 bits per heavy atom. The summed E-state index contributed by atoms with van der Waals surface area (Å²) >= 11 is 0. The molecule has 1 aromatic carbocycles. The molecule has 0 saturated carbocycles. The molecule has 0 aliphatic rings. The van der Waals surface area contributed by atoms with E-state index in [0.29, 0.717) is 23.4 Å². The molecule has 1 heterocycles. The second kappa shape index (κ2) is 5.88. The van der Waals surface area contributed by atoms with E-state index in [4.69, 9.17) is 4.98 Å². The zero-order chi connectivity index (χ0) is 15.7. The molecule has 4 heteroatoms. The Kier molecular flexibility index (Phi) is 4.35. The van der Waals surface area contributed by atoms with Crippen LogP contribution in [0.3, 0.4) is 0 Å². The van der Waals surface area contributed by atoms with Gasteiger partial charge in [0, 0.05) is 12.0 Å². The Morgan fingerprint density at radius 3 is 2.43 bits per heavy atom. The second-order valence-corrected chi connectivity index (χ2v) is 6.22. The molecule has 2 aromatic rings. The van der Waals surface area contributed by atoms with Gasteiger partial charge in [0.15, 0.2) is 0 Å². The van der Waals surface area contributed by atoms with Crippen LogP contribution >= 0.6 is 0 Å². The molecule has 114 valence electrons. The van der Waals surface area contributed by atoms with E-state index in [2.05, 4.69) is 39.2 Å². The number of benzene rings is 1. The highest BCUT2D eigenvalue weighted by Gasteiger charge is 2.22. The van der Waals surface area contributed by atoms with Crippen LogP contribution in [0.15, 0.2) is 18.2 Å². The van der Waals surface area contributed by atoms with Crippen molar-refractivity contribution in [2.24, 2.45) is 5.92 Å². The molecular weight excluding hydrogens is 264 g/mol. The number of aromatic nitrogens is 2. The molecule has 21 heavy (non-hydrogen) atoms. The highest BCUT2D eigenvalue weighted by Crippen LogP contribution is 2.32. The van der Waals surface area contributed by atoms with Crippen molar-refractivity contribution in [3.63, 3.8) is 0 Å². The summed E-state index contributed by atoms with van der Waals surface area (Å²) in [6.07, 6.45) is 1.00. The number of hydrogen-bond acceptors (Lipinski definition) is 2. The van der Waals surface area contributed by atoms with Crippen LogP contribution in [0.1, 0.15) is 69.2 Å². The van der Waals surface area contributed by atoms with Gasteiger partial charge in [0.05, 0.1) is 16.6 Å². The fourth-order valence-corrected chi connectivity index (χ4v) is 2.95. The third-order valence-corrected chi connectivity index (χ3v) is 4.00. The van der Waals surface area contributed by atoms with Crippen LogP contribution in [0, 0.1) is 5.92 Å². The maximum Gasteiger partial charge on any atom is 0.335 e. The minimum atomic E-state index is -0.895. The van der Waals surface area contributed by atoms with Gasteiger partial charge in [-0.15, -0.1) is 0 Å². The van der Waals surface area contributed by atoms with E-state index in [1.807, 2.05) is 6.07 Å². The molecule has 0 amide bonds. The summed E-state index contributed by atoms with van der Waals surface area (Å²) in [6.45, 7) is 10.8. The zero-order valence-electron chi connectivity index (χ0n) is 13.4. The van der Waals surface area contributed by atoms with E-state index in [1.165, 1.54) is 0 Å². The molecule has 0 aliphatic carbocycles. The zero-order valence-corrected chi connectivity index (χ0v) is 13.4. The number of carboxylic acids is 1. The minimum Gasteiger partial charge on any atom is -0.478 e. The second-order valence-electron chi connectivity index (χ2n) is 6.22. The van der Waals surface area contributed by atoms with Crippen molar-refractivity contribution in [1.82, 2.24) is 9.55 Å². The molecule has 2 rings (SSSR count). The molecule has 0 aliphatic heterocycles. The third kappa shape index (κ3) is 2.80. The van der Waals surface area contributed by atoms with Crippen LogP contribution in [-0.4, -0.2) is 20.6 Å². The fraction of sp³-hybridized carbons (Fsp3) is 0.529. The van der Waals surface area contributed by atoms with Crippen LogP contribution in [0.4, 0.5) is 0 Å². The highest BCUT2D eigenvalue weighted by atomic mass is 16.4. The largest absolute Gasteiger partial charge is 0.478 e. The van der Waals surface area contributed by atoms with E-state index in [1.54, 1.807) is 12.1 Å². The van der Waals surface area contributed by atoms with Crippen molar-refractivity contribution in [3.8, 4) is 0 Å². The van der Waals surface area contributed by atoms with Crippen molar-refractivity contribution in [2.45, 2.75) is 53.0 Å². The van der Waals surface area contributed by atoms with Gasteiger partial charge in [-0.2, -0.15) is 0 Å². The van der Waals surface area contributed by atoms with Gasteiger partial charge in [-0.05, 0) is 30.5 Å². The summed E-state index contributed by atoms with van der Waals surface area (Å²) < 4.78 is 2.25. The number of fused-ring (bicyclic) bond motifs is 1. The van der Waals surface area contributed by atoms with E-state index >= 15 is 0 Å². The summed E-state index contributed by atoms with van der Waals surface area (Å²) in [5, 5.41) is 9.23. The minimum absolute atomic E-state index is 0.304.